The number of benzene rings is 3. The fourth-order valence-corrected chi connectivity index (χ4v) is 4.19. The smallest absolute Gasteiger partial charge is 0.237 e. The number of carbonyl (C=O) groups excluding carboxylic acids is 1. The standard InChI is InChI=1S/C27H29NO3/c1-17(2)19-6-8-20(9-7-19)23-16-22(11-5-18(23)3)28(4)26(31)27(13-14-27)21-10-12-24(29)25(30)15-21/h5-12,15-17,29-30H,13-14H2,1-4H3. The highest BCUT2D eigenvalue weighted by molar-refractivity contribution is 6.03. The lowest BCUT2D eigenvalue weighted by Gasteiger charge is -2.25. The summed E-state index contributed by atoms with van der Waals surface area (Å²) in [6.07, 6.45) is 1.46. The Morgan fingerprint density at radius 3 is 2.19 bits per heavy atom. The number of likely N-dealkylation sites (N-methyl/N-ethyl adjacent to an activating group) is 1. The molecule has 0 bridgehead atoms. The van der Waals surface area contributed by atoms with E-state index in [2.05, 4.69) is 57.2 Å². The average Bonchev–Trinajstić information content (AvgIpc) is 3.57. The van der Waals surface area contributed by atoms with Gasteiger partial charge in [-0.3, -0.25) is 4.79 Å². The Morgan fingerprint density at radius 2 is 1.61 bits per heavy atom. The predicted molar refractivity (Wildman–Crippen MR) is 125 cm³/mol. The van der Waals surface area contributed by atoms with E-state index in [9.17, 15) is 15.0 Å². The second-order valence-corrected chi connectivity index (χ2v) is 8.93. The Labute approximate surface area is 183 Å². The van der Waals surface area contributed by atoms with Crippen LogP contribution >= 0.6 is 0 Å². The molecule has 1 aliphatic carbocycles. The van der Waals surface area contributed by atoms with Crippen molar-refractivity contribution < 1.29 is 15.0 Å². The first-order valence-electron chi connectivity index (χ1n) is 10.7. The Hall–Kier alpha value is -3.27. The summed E-state index contributed by atoms with van der Waals surface area (Å²) < 4.78 is 0. The number of phenols is 2. The van der Waals surface area contributed by atoms with Gasteiger partial charge >= 0.3 is 0 Å². The molecule has 4 nitrogen and oxygen atoms in total. The van der Waals surface area contributed by atoms with Crippen LogP contribution in [0.1, 0.15) is 49.3 Å². The summed E-state index contributed by atoms with van der Waals surface area (Å²) in [5, 5.41) is 19.5. The summed E-state index contributed by atoms with van der Waals surface area (Å²) in [5.74, 6) is 0.121. The van der Waals surface area contributed by atoms with Crippen molar-refractivity contribution in [2.45, 2.75) is 44.9 Å². The van der Waals surface area contributed by atoms with Gasteiger partial charge in [0.1, 0.15) is 0 Å². The van der Waals surface area contributed by atoms with E-state index >= 15 is 0 Å². The molecule has 1 fully saturated rings. The second kappa shape index (κ2) is 7.77. The van der Waals surface area contributed by atoms with Crippen molar-refractivity contribution in [3.8, 4) is 22.6 Å². The molecule has 0 heterocycles. The third-order valence-corrected chi connectivity index (χ3v) is 6.49. The molecule has 0 unspecified atom stereocenters. The molecule has 2 N–H and O–H groups in total. The normalized spacial score (nSPS) is 14.5. The monoisotopic (exact) mass is 415 g/mol. The van der Waals surface area contributed by atoms with Crippen molar-refractivity contribution in [1.29, 1.82) is 0 Å². The van der Waals surface area contributed by atoms with Crippen molar-refractivity contribution >= 4 is 11.6 Å². The fourth-order valence-electron chi connectivity index (χ4n) is 4.19. The number of amides is 1. The highest BCUT2D eigenvalue weighted by Gasteiger charge is 2.53. The van der Waals surface area contributed by atoms with E-state index in [0.29, 0.717) is 5.92 Å². The van der Waals surface area contributed by atoms with Gasteiger partial charge in [-0.1, -0.05) is 50.2 Å². The molecule has 1 amide bonds. The lowest BCUT2D eigenvalue weighted by atomic mass is 9.93. The Kier molecular flexibility index (Phi) is 5.26. The first-order valence-corrected chi connectivity index (χ1v) is 10.7. The zero-order valence-electron chi connectivity index (χ0n) is 18.5. The number of carbonyl (C=O) groups is 1. The van der Waals surface area contributed by atoms with E-state index in [1.807, 2.05) is 6.07 Å². The predicted octanol–water partition coefficient (Wildman–Crippen LogP) is 5.89. The molecular weight excluding hydrogens is 386 g/mol. The molecule has 0 atom stereocenters. The van der Waals surface area contributed by atoms with E-state index in [1.165, 1.54) is 17.7 Å². The Bertz CT molecular complexity index is 1130. The SMILES string of the molecule is Cc1ccc(N(C)C(=O)C2(c3ccc(O)c(O)c3)CC2)cc1-c1ccc(C(C)C)cc1. The van der Waals surface area contributed by atoms with Crippen LogP contribution in [0.25, 0.3) is 11.1 Å². The molecule has 160 valence electrons. The van der Waals surface area contributed by atoms with Crippen LogP contribution in [-0.4, -0.2) is 23.2 Å². The van der Waals surface area contributed by atoms with E-state index in [0.717, 1.165) is 40.8 Å². The largest absolute Gasteiger partial charge is 0.504 e. The second-order valence-electron chi connectivity index (χ2n) is 8.93. The number of anilines is 1. The first kappa shape index (κ1) is 21.0. The maximum atomic E-state index is 13.5. The summed E-state index contributed by atoms with van der Waals surface area (Å²) in [5.41, 5.74) is 5.66. The van der Waals surface area contributed by atoms with E-state index in [4.69, 9.17) is 0 Å². The van der Waals surface area contributed by atoms with E-state index < -0.39 is 5.41 Å². The quantitative estimate of drug-likeness (QED) is 0.511. The topological polar surface area (TPSA) is 60.8 Å². The highest BCUT2D eigenvalue weighted by Crippen LogP contribution is 2.51. The van der Waals surface area contributed by atoms with Crippen LogP contribution in [-0.2, 0) is 10.2 Å². The molecule has 0 saturated heterocycles. The van der Waals surface area contributed by atoms with Gasteiger partial charge in [-0.15, -0.1) is 0 Å². The molecule has 4 heteroatoms. The van der Waals surface area contributed by atoms with Crippen molar-refractivity contribution in [2.75, 3.05) is 11.9 Å². The fraction of sp³-hybridized carbons (Fsp3) is 0.296. The van der Waals surface area contributed by atoms with Crippen LogP contribution in [0, 0.1) is 6.92 Å². The summed E-state index contributed by atoms with van der Waals surface area (Å²) in [4.78, 5) is 15.2. The Morgan fingerprint density at radius 1 is 0.935 bits per heavy atom. The highest BCUT2D eigenvalue weighted by atomic mass is 16.3. The molecule has 3 aromatic carbocycles. The zero-order valence-corrected chi connectivity index (χ0v) is 18.5. The van der Waals surface area contributed by atoms with Crippen molar-refractivity contribution in [2.24, 2.45) is 0 Å². The third-order valence-electron chi connectivity index (χ3n) is 6.49. The van der Waals surface area contributed by atoms with Gasteiger partial charge in [0.2, 0.25) is 5.91 Å². The van der Waals surface area contributed by atoms with Crippen LogP contribution < -0.4 is 4.90 Å². The van der Waals surface area contributed by atoms with Gasteiger partial charge < -0.3 is 15.1 Å². The number of aromatic hydroxyl groups is 2. The molecule has 0 aliphatic heterocycles. The van der Waals surface area contributed by atoms with Gasteiger partial charge in [0, 0.05) is 12.7 Å². The van der Waals surface area contributed by atoms with Gasteiger partial charge in [-0.05, 0) is 77.8 Å². The van der Waals surface area contributed by atoms with Gasteiger partial charge in [0.15, 0.2) is 11.5 Å². The van der Waals surface area contributed by atoms with Crippen LogP contribution in [0.5, 0.6) is 11.5 Å². The maximum absolute atomic E-state index is 13.5. The van der Waals surface area contributed by atoms with Gasteiger partial charge in [-0.25, -0.2) is 0 Å². The number of phenolic OH excluding ortho intramolecular Hbond substituents is 2. The van der Waals surface area contributed by atoms with Gasteiger partial charge in [0.25, 0.3) is 0 Å². The third kappa shape index (κ3) is 3.78. The van der Waals surface area contributed by atoms with Crippen LogP contribution in [0.3, 0.4) is 0 Å². The minimum absolute atomic E-state index is 0.00236. The van der Waals surface area contributed by atoms with Crippen molar-refractivity contribution in [3.05, 3.63) is 77.4 Å². The van der Waals surface area contributed by atoms with Crippen molar-refractivity contribution in [3.63, 3.8) is 0 Å². The van der Waals surface area contributed by atoms with Crippen LogP contribution in [0.15, 0.2) is 60.7 Å². The maximum Gasteiger partial charge on any atom is 0.237 e. The van der Waals surface area contributed by atoms with Crippen molar-refractivity contribution in [1.82, 2.24) is 0 Å². The molecule has 1 aliphatic rings. The molecule has 31 heavy (non-hydrogen) atoms. The molecule has 3 aromatic rings. The minimum atomic E-state index is -0.635. The summed E-state index contributed by atoms with van der Waals surface area (Å²) in [7, 11) is 1.80. The number of hydrogen-bond acceptors (Lipinski definition) is 3. The van der Waals surface area contributed by atoms with E-state index in [-0.39, 0.29) is 17.4 Å². The number of rotatable bonds is 5. The van der Waals surface area contributed by atoms with E-state index in [1.54, 1.807) is 18.0 Å². The summed E-state index contributed by atoms with van der Waals surface area (Å²) in [6.45, 7) is 6.45. The summed E-state index contributed by atoms with van der Waals surface area (Å²) >= 11 is 0. The molecule has 4 rings (SSSR count). The number of hydrogen-bond donors (Lipinski definition) is 2. The Balaban J connectivity index is 1.64. The molecule has 0 aromatic heterocycles. The number of nitrogens with zero attached hydrogens (tertiary/aromatic N) is 1. The molecule has 0 radical (unpaired) electrons. The first-order chi connectivity index (χ1) is 14.7. The number of aryl methyl sites for hydroxylation is 1. The van der Waals surface area contributed by atoms with Crippen LogP contribution in [0.4, 0.5) is 5.69 Å². The summed E-state index contributed by atoms with van der Waals surface area (Å²) in [6, 6.07) is 19.4. The minimum Gasteiger partial charge on any atom is -0.504 e. The van der Waals surface area contributed by atoms with Gasteiger partial charge in [-0.2, -0.15) is 0 Å². The molecular formula is C27H29NO3. The van der Waals surface area contributed by atoms with Gasteiger partial charge in [0.05, 0.1) is 5.41 Å². The lowest BCUT2D eigenvalue weighted by molar-refractivity contribution is -0.120. The van der Waals surface area contributed by atoms with Crippen LogP contribution in [0.2, 0.25) is 0 Å². The molecule has 0 spiro atoms. The average molecular weight is 416 g/mol. The molecule has 1 saturated carbocycles. The zero-order chi connectivity index (χ0) is 22.3. The lowest BCUT2D eigenvalue weighted by Crippen LogP contribution is -2.36.